The van der Waals surface area contributed by atoms with Gasteiger partial charge in [-0.2, -0.15) is 0 Å². The summed E-state index contributed by atoms with van der Waals surface area (Å²) in [6.07, 6.45) is 0.948. The minimum absolute atomic E-state index is 0.184. The third kappa shape index (κ3) is 5.16. The van der Waals surface area contributed by atoms with Crippen molar-refractivity contribution >= 4 is 5.97 Å². The van der Waals surface area contributed by atoms with E-state index in [4.69, 9.17) is 4.74 Å². The molecule has 0 spiro atoms. The van der Waals surface area contributed by atoms with Crippen LogP contribution in [-0.4, -0.2) is 12.6 Å². The highest BCUT2D eigenvalue weighted by molar-refractivity contribution is 5.65. The molecule has 0 aromatic heterocycles. The Morgan fingerprint density at radius 2 is 1.92 bits per heavy atom. The molecule has 0 aromatic rings. The van der Waals surface area contributed by atoms with Gasteiger partial charge in [0.2, 0.25) is 0 Å². The fourth-order valence-electron chi connectivity index (χ4n) is 0.812. The van der Waals surface area contributed by atoms with Gasteiger partial charge in [-0.1, -0.05) is 27.7 Å². The van der Waals surface area contributed by atoms with Crippen LogP contribution in [0.5, 0.6) is 0 Å². The van der Waals surface area contributed by atoms with Gasteiger partial charge in [0.1, 0.15) is 0 Å². The highest BCUT2D eigenvalue weighted by atomic mass is 16.5. The summed E-state index contributed by atoms with van der Waals surface area (Å²) in [5.41, 5.74) is 0.306. The third-order valence-electron chi connectivity index (χ3n) is 2.33. The molecular formula is C10H20O2. The summed E-state index contributed by atoms with van der Waals surface area (Å²) in [4.78, 5) is 10.5. The van der Waals surface area contributed by atoms with Gasteiger partial charge < -0.3 is 4.74 Å². The van der Waals surface area contributed by atoms with Crippen LogP contribution in [0.15, 0.2) is 0 Å². The highest BCUT2D eigenvalue weighted by Gasteiger charge is 2.19. The Balaban J connectivity index is 3.58. The van der Waals surface area contributed by atoms with E-state index in [0.29, 0.717) is 17.9 Å². The molecule has 0 aliphatic heterocycles. The van der Waals surface area contributed by atoms with E-state index in [1.807, 2.05) is 0 Å². The zero-order valence-corrected chi connectivity index (χ0v) is 8.81. The number of rotatable bonds is 3. The molecule has 2 heteroatoms. The predicted octanol–water partition coefficient (Wildman–Crippen LogP) is 2.62. The molecular weight excluding hydrogens is 152 g/mol. The van der Waals surface area contributed by atoms with Crippen molar-refractivity contribution in [2.24, 2.45) is 11.3 Å². The zero-order valence-electron chi connectivity index (χ0n) is 8.81. The zero-order chi connectivity index (χ0) is 9.78. The van der Waals surface area contributed by atoms with E-state index in [2.05, 4.69) is 27.7 Å². The second-order valence-corrected chi connectivity index (χ2v) is 4.40. The minimum atomic E-state index is -0.184. The molecule has 12 heavy (non-hydrogen) atoms. The van der Waals surface area contributed by atoms with Crippen LogP contribution in [-0.2, 0) is 9.53 Å². The lowest BCUT2D eigenvalue weighted by atomic mass is 9.80. The largest absolute Gasteiger partial charge is 0.466 e. The molecule has 72 valence electrons. The minimum Gasteiger partial charge on any atom is -0.466 e. The van der Waals surface area contributed by atoms with Gasteiger partial charge in [-0.3, -0.25) is 4.79 Å². The maximum Gasteiger partial charge on any atom is 0.302 e. The molecule has 0 saturated heterocycles. The van der Waals surface area contributed by atoms with Crippen LogP contribution in [0.4, 0.5) is 0 Å². The van der Waals surface area contributed by atoms with Crippen molar-refractivity contribution < 1.29 is 9.53 Å². The van der Waals surface area contributed by atoms with Crippen LogP contribution >= 0.6 is 0 Å². The number of carbonyl (C=O) groups excluding carboxylic acids is 1. The molecule has 0 fully saturated rings. The molecule has 0 radical (unpaired) electrons. The second kappa shape index (κ2) is 4.48. The number of hydrogen-bond donors (Lipinski definition) is 0. The monoisotopic (exact) mass is 172 g/mol. The maximum absolute atomic E-state index is 10.5. The first-order chi connectivity index (χ1) is 5.34. The number of hydrogen-bond acceptors (Lipinski definition) is 2. The van der Waals surface area contributed by atoms with Gasteiger partial charge in [-0.25, -0.2) is 0 Å². The molecule has 0 aliphatic carbocycles. The van der Waals surface area contributed by atoms with Crippen LogP contribution in [0.3, 0.4) is 0 Å². The van der Waals surface area contributed by atoms with E-state index in [0.717, 1.165) is 6.42 Å². The second-order valence-electron chi connectivity index (χ2n) is 4.40. The smallest absolute Gasteiger partial charge is 0.302 e. The standard InChI is InChI=1S/C10H20O2/c1-8(10(3,4)5)6-7-12-9(2)11/h8H,6-7H2,1-5H3. The first-order valence-electron chi connectivity index (χ1n) is 4.47. The van der Waals surface area contributed by atoms with Gasteiger partial charge in [0, 0.05) is 6.92 Å². The van der Waals surface area contributed by atoms with Crippen molar-refractivity contribution in [1.29, 1.82) is 0 Å². The Labute approximate surface area is 75.3 Å². The van der Waals surface area contributed by atoms with Gasteiger partial charge in [-0.05, 0) is 17.8 Å². The van der Waals surface area contributed by atoms with Crippen molar-refractivity contribution in [3.8, 4) is 0 Å². The van der Waals surface area contributed by atoms with Crippen LogP contribution in [0, 0.1) is 11.3 Å². The van der Waals surface area contributed by atoms with Crippen molar-refractivity contribution in [3.63, 3.8) is 0 Å². The molecule has 0 N–H and O–H groups in total. The first-order valence-corrected chi connectivity index (χ1v) is 4.47. The summed E-state index contributed by atoms with van der Waals surface area (Å²) in [5.74, 6) is 0.396. The Morgan fingerprint density at radius 1 is 1.42 bits per heavy atom. The van der Waals surface area contributed by atoms with Crippen molar-refractivity contribution in [2.45, 2.75) is 41.0 Å². The molecule has 0 bridgehead atoms. The normalized spacial score (nSPS) is 14.1. The molecule has 1 atom stereocenters. The lowest BCUT2D eigenvalue weighted by Gasteiger charge is -2.26. The van der Waals surface area contributed by atoms with Crippen LogP contribution < -0.4 is 0 Å². The van der Waals surface area contributed by atoms with Crippen LogP contribution in [0.2, 0.25) is 0 Å². The van der Waals surface area contributed by atoms with Gasteiger partial charge in [0.05, 0.1) is 6.61 Å². The van der Waals surface area contributed by atoms with Gasteiger partial charge >= 0.3 is 5.97 Å². The molecule has 1 unspecified atom stereocenters. The number of esters is 1. The Morgan fingerprint density at radius 3 is 2.25 bits per heavy atom. The molecule has 2 nitrogen and oxygen atoms in total. The Hall–Kier alpha value is -0.530. The quantitative estimate of drug-likeness (QED) is 0.612. The summed E-state index contributed by atoms with van der Waals surface area (Å²) >= 11 is 0. The SMILES string of the molecule is CC(=O)OCCC(C)C(C)(C)C. The lowest BCUT2D eigenvalue weighted by molar-refractivity contribution is -0.141. The third-order valence-corrected chi connectivity index (χ3v) is 2.33. The van der Waals surface area contributed by atoms with Crippen molar-refractivity contribution in [3.05, 3.63) is 0 Å². The van der Waals surface area contributed by atoms with Crippen molar-refractivity contribution in [2.75, 3.05) is 6.61 Å². The van der Waals surface area contributed by atoms with Crippen molar-refractivity contribution in [1.82, 2.24) is 0 Å². The van der Waals surface area contributed by atoms with E-state index in [1.54, 1.807) is 0 Å². The van der Waals surface area contributed by atoms with E-state index in [1.165, 1.54) is 6.92 Å². The molecule has 0 aliphatic rings. The summed E-state index contributed by atoms with van der Waals surface area (Å²) in [6, 6.07) is 0. The van der Waals surface area contributed by atoms with E-state index >= 15 is 0 Å². The topological polar surface area (TPSA) is 26.3 Å². The fraction of sp³-hybridized carbons (Fsp3) is 0.900. The fourth-order valence-corrected chi connectivity index (χ4v) is 0.812. The van der Waals surface area contributed by atoms with Crippen LogP contribution in [0.25, 0.3) is 0 Å². The summed E-state index contributed by atoms with van der Waals surface area (Å²) in [7, 11) is 0. The number of carbonyl (C=O) groups is 1. The highest BCUT2D eigenvalue weighted by Crippen LogP contribution is 2.27. The van der Waals surface area contributed by atoms with Crippen LogP contribution in [0.1, 0.15) is 41.0 Å². The summed E-state index contributed by atoms with van der Waals surface area (Å²) in [6.45, 7) is 10.8. The summed E-state index contributed by atoms with van der Waals surface area (Å²) < 4.78 is 4.87. The Kier molecular flexibility index (Phi) is 4.29. The first kappa shape index (κ1) is 11.5. The van der Waals surface area contributed by atoms with E-state index in [-0.39, 0.29) is 5.97 Å². The summed E-state index contributed by atoms with van der Waals surface area (Å²) in [5, 5.41) is 0. The average molecular weight is 172 g/mol. The van der Waals surface area contributed by atoms with E-state index in [9.17, 15) is 4.79 Å². The molecule has 0 aromatic carbocycles. The Bertz CT molecular complexity index is 144. The van der Waals surface area contributed by atoms with E-state index < -0.39 is 0 Å². The number of ether oxygens (including phenoxy) is 1. The average Bonchev–Trinajstić information content (AvgIpc) is 1.84. The molecule has 0 saturated carbocycles. The molecule has 0 rings (SSSR count). The van der Waals surface area contributed by atoms with Gasteiger partial charge in [-0.15, -0.1) is 0 Å². The molecule has 0 amide bonds. The molecule has 0 heterocycles. The predicted molar refractivity (Wildman–Crippen MR) is 49.9 cm³/mol. The maximum atomic E-state index is 10.5. The van der Waals surface area contributed by atoms with Gasteiger partial charge in [0.25, 0.3) is 0 Å². The lowest BCUT2D eigenvalue weighted by Crippen LogP contribution is -2.19. The van der Waals surface area contributed by atoms with Gasteiger partial charge in [0.15, 0.2) is 0 Å².